The van der Waals surface area contributed by atoms with E-state index in [-0.39, 0.29) is 37.9 Å². The van der Waals surface area contributed by atoms with E-state index in [1.807, 2.05) is 0 Å². The third-order valence-electron chi connectivity index (χ3n) is 3.68. The van der Waals surface area contributed by atoms with Gasteiger partial charge < -0.3 is 19.7 Å². The summed E-state index contributed by atoms with van der Waals surface area (Å²) in [4.78, 5) is 23.9. The van der Waals surface area contributed by atoms with Crippen molar-refractivity contribution < 1.29 is 29.3 Å². The second-order valence-electron chi connectivity index (χ2n) is 5.64. The van der Waals surface area contributed by atoms with Gasteiger partial charge >= 0.3 is 0 Å². The summed E-state index contributed by atoms with van der Waals surface area (Å²) >= 11 is 0. The molecule has 0 heterocycles. The molecule has 6 nitrogen and oxygen atoms in total. The van der Waals surface area contributed by atoms with E-state index in [1.165, 1.54) is 38.5 Å². The summed E-state index contributed by atoms with van der Waals surface area (Å²) < 4.78 is 10.00. The van der Waals surface area contributed by atoms with Gasteiger partial charge in [-0.05, 0) is 47.5 Å². The van der Waals surface area contributed by atoms with E-state index in [4.69, 9.17) is 9.47 Å². The fourth-order valence-corrected chi connectivity index (χ4v) is 2.26. The van der Waals surface area contributed by atoms with Crippen LogP contribution in [0.5, 0.6) is 23.0 Å². The largest absolute Gasteiger partial charge is 0.504 e. The lowest BCUT2D eigenvalue weighted by Crippen LogP contribution is -2.01. The molecule has 2 rings (SSSR count). The van der Waals surface area contributed by atoms with Gasteiger partial charge in [0.25, 0.3) is 0 Å². The first kappa shape index (κ1) is 22.6. The van der Waals surface area contributed by atoms with Gasteiger partial charge in [-0.1, -0.05) is 24.3 Å². The van der Waals surface area contributed by atoms with Crippen molar-refractivity contribution in [1.29, 1.82) is 0 Å². The van der Waals surface area contributed by atoms with Gasteiger partial charge in [-0.2, -0.15) is 0 Å². The molecule has 0 atom stereocenters. The number of rotatable bonds is 8. The Kier molecular flexibility index (Phi) is 8.56. The normalized spacial score (nSPS) is 10.6. The molecule has 0 aliphatic carbocycles. The number of methoxy groups -OCH3 is 2. The van der Waals surface area contributed by atoms with Crippen LogP contribution in [0.25, 0.3) is 12.2 Å². The van der Waals surface area contributed by atoms with Crippen LogP contribution in [0.3, 0.4) is 0 Å². The van der Waals surface area contributed by atoms with Crippen LogP contribution < -0.4 is 9.47 Å². The zero-order valence-corrected chi connectivity index (χ0v) is 15.0. The highest BCUT2D eigenvalue weighted by Gasteiger charge is 2.06. The molecule has 2 aromatic carbocycles. The van der Waals surface area contributed by atoms with E-state index >= 15 is 0 Å². The number of hydrogen-bond donors (Lipinski definition) is 2. The molecular formula is C21H23BO6. The average molecular weight is 382 g/mol. The Balaban J connectivity index is 0.00000392. The fourth-order valence-electron chi connectivity index (χ4n) is 2.26. The fraction of sp³-hybridized carbons (Fsp3) is 0.143. The Hall–Kier alpha value is -3.48. The topological polar surface area (TPSA) is 93.1 Å². The molecule has 0 bridgehead atoms. The Morgan fingerprint density at radius 1 is 0.821 bits per heavy atom. The van der Waals surface area contributed by atoms with E-state index in [0.29, 0.717) is 22.6 Å². The molecule has 0 unspecified atom stereocenters. The molecule has 0 aliphatic rings. The van der Waals surface area contributed by atoms with E-state index in [0.717, 1.165) is 0 Å². The van der Waals surface area contributed by atoms with Gasteiger partial charge in [-0.25, -0.2) is 0 Å². The lowest BCUT2D eigenvalue weighted by molar-refractivity contribution is -0.121. The highest BCUT2D eigenvalue weighted by molar-refractivity contribution is 6.10. The summed E-state index contributed by atoms with van der Waals surface area (Å²) in [5.41, 5.74) is 1.33. The van der Waals surface area contributed by atoms with E-state index in [1.54, 1.807) is 36.4 Å². The van der Waals surface area contributed by atoms with Crippen molar-refractivity contribution in [3.8, 4) is 23.0 Å². The van der Waals surface area contributed by atoms with Gasteiger partial charge in [0.2, 0.25) is 0 Å². The monoisotopic (exact) mass is 382 g/mol. The highest BCUT2D eigenvalue weighted by Crippen LogP contribution is 2.27. The number of ether oxygens (including phenoxy) is 2. The van der Waals surface area contributed by atoms with Crippen LogP contribution in [0.2, 0.25) is 0 Å². The molecule has 2 N–H and O–H groups in total. The maximum Gasteiger partial charge on any atom is 0.163 e. The van der Waals surface area contributed by atoms with Crippen LogP contribution in [0, 0.1) is 0 Å². The highest BCUT2D eigenvalue weighted by atomic mass is 16.5. The summed E-state index contributed by atoms with van der Waals surface area (Å²) in [6, 6.07) is 9.34. The lowest BCUT2D eigenvalue weighted by Gasteiger charge is -2.03. The molecule has 7 heteroatoms. The Morgan fingerprint density at radius 2 is 1.21 bits per heavy atom. The molecule has 0 aromatic heterocycles. The van der Waals surface area contributed by atoms with Crippen LogP contribution in [0.1, 0.15) is 17.5 Å². The molecule has 0 fully saturated rings. The molecule has 0 saturated heterocycles. The molecule has 0 radical (unpaired) electrons. The smallest absolute Gasteiger partial charge is 0.163 e. The Bertz CT molecular complexity index is 828. The first-order valence-corrected chi connectivity index (χ1v) is 8.08. The number of aromatic hydroxyl groups is 2. The number of phenols is 2. The van der Waals surface area contributed by atoms with E-state index in [9.17, 15) is 19.8 Å². The number of phenolic OH excluding ortho intramolecular Hbond substituents is 2. The molecule has 2 aromatic rings. The zero-order valence-electron chi connectivity index (χ0n) is 15.0. The Morgan fingerprint density at radius 3 is 1.57 bits per heavy atom. The molecule has 0 amide bonds. The molecule has 0 saturated carbocycles. The molecule has 0 aliphatic heterocycles. The van der Waals surface area contributed by atoms with E-state index < -0.39 is 0 Å². The van der Waals surface area contributed by atoms with Gasteiger partial charge in [0, 0.05) is 0 Å². The van der Waals surface area contributed by atoms with Gasteiger partial charge in [0.15, 0.2) is 34.6 Å². The van der Waals surface area contributed by atoms with Gasteiger partial charge in [0.1, 0.15) is 0 Å². The van der Waals surface area contributed by atoms with Crippen molar-refractivity contribution in [3.05, 3.63) is 59.7 Å². The summed E-state index contributed by atoms with van der Waals surface area (Å²) in [5.74, 6) is -0.0832. The SMILES string of the molecule is B.COc1cc(/C=C/C(=O)CC(=O)/C=C/c2ccc(O)c(OC)c2)ccc1O. The van der Waals surface area contributed by atoms with Crippen molar-refractivity contribution >= 4 is 32.1 Å². The van der Waals surface area contributed by atoms with Crippen molar-refractivity contribution in [2.45, 2.75) is 6.42 Å². The van der Waals surface area contributed by atoms with Crippen LogP contribution >= 0.6 is 0 Å². The minimum atomic E-state index is -0.347. The predicted molar refractivity (Wildman–Crippen MR) is 112 cm³/mol. The number of ketones is 2. The number of hydrogen-bond acceptors (Lipinski definition) is 6. The number of benzene rings is 2. The summed E-state index contributed by atoms with van der Waals surface area (Å²) in [6.45, 7) is 0. The predicted octanol–water partition coefficient (Wildman–Crippen LogP) is 2.19. The second-order valence-corrected chi connectivity index (χ2v) is 5.64. The van der Waals surface area contributed by atoms with Crippen molar-refractivity contribution in [3.63, 3.8) is 0 Å². The number of carbonyl (C=O) groups is 2. The zero-order chi connectivity index (χ0) is 19.8. The standard InChI is InChI=1S/C21H20O6.BH3/c1-26-20-11-14(5-9-18(20)24)3-7-16(22)13-17(23)8-4-15-6-10-19(25)21(12-15)27-2;/h3-12,24-25H,13H2,1-2H3;1H3/b7-3+,8-4+;. The molecule has 28 heavy (non-hydrogen) atoms. The first-order chi connectivity index (χ1) is 12.9. The molecular weight excluding hydrogens is 359 g/mol. The average Bonchev–Trinajstić information content (AvgIpc) is 2.66. The van der Waals surface area contributed by atoms with Crippen LogP contribution in [-0.4, -0.2) is 44.4 Å². The third-order valence-corrected chi connectivity index (χ3v) is 3.68. The minimum absolute atomic E-state index is 0. The molecule has 146 valence electrons. The minimum Gasteiger partial charge on any atom is -0.504 e. The molecule has 0 spiro atoms. The quantitative estimate of drug-likeness (QED) is 0.413. The van der Waals surface area contributed by atoms with Crippen molar-refractivity contribution in [2.75, 3.05) is 14.2 Å². The maximum absolute atomic E-state index is 11.9. The second kappa shape index (κ2) is 10.6. The number of allylic oxidation sites excluding steroid dienone is 2. The van der Waals surface area contributed by atoms with Gasteiger partial charge in [0.05, 0.1) is 29.1 Å². The van der Waals surface area contributed by atoms with Gasteiger partial charge in [-0.3, -0.25) is 9.59 Å². The summed E-state index contributed by atoms with van der Waals surface area (Å²) in [6.07, 6.45) is 5.44. The van der Waals surface area contributed by atoms with Crippen molar-refractivity contribution in [2.24, 2.45) is 0 Å². The van der Waals surface area contributed by atoms with Crippen LogP contribution in [0.15, 0.2) is 48.6 Å². The third kappa shape index (κ3) is 6.35. The summed E-state index contributed by atoms with van der Waals surface area (Å²) in [5, 5.41) is 19.1. The van der Waals surface area contributed by atoms with Crippen LogP contribution in [0.4, 0.5) is 0 Å². The van der Waals surface area contributed by atoms with Crippen molar-refractivity contribution in [1.82, 2.24) is 0 Å². The lowest BCUT2D eigenvalue weighted by atomic mass is 10.1. The Labute approximate surface area is 165 Å². The first-order valence-electron chi connectivity index (χ1n) is 8.08. The maximum atomic E-state index is 11.9. The van der Waals surface area contributed by atoms with Crippen LogP contribution in [-0.2, 0) is 9.59 Å². The van der Waals surface area contributed by atoms with Gasteiger partial charge in [-0.15, -0.1) is 0 Å². The number of carbonyl (C=O) groups excluding carboxylic acids is 2. The summed E-state index contributed by atoms with van der Waals surface area (Å²) in [7, 11) is 2.87. The van der Waals surface area contributed by atoms with E-state index in [2.05, 4.69) is 0 Å².